The monoisotopic (exact) mass is 298 g/mol. The maximum absolute atomic E-state index is 6.61. The lowest BCUT2D eigenvalue weighted by atomic mass is 10.0. The molecule has 0 aromatic rings. The van der Waals surface area contributed by atoms with Gasteiger partial charge in [0.1, 0.15) is 0 Å². The first-order chi connectivity index (χ1) is 9.73. The summed E-state index contributed by atoms with van der Waals surface area (Å²) < 4.78 is 13.1. The lowest BCUT2D eigenvalue weighted by Crippen LogP contribution is -2.51. The fourth-order valence-electron chi connectivity index (χ4n) is 4.41. The van der Waals surface area contributed by atoms with Crippen molar-refractivity contribution < 1.29 is 8.85 Å². The predicted octanol–water partition coefficient (Wildman–Crippen LogP) is 5.42. The summed E-state index contributed by atoms with van der Waals surface area (Å²) in [6, 6.07) is 0. The quantitative estimate of drug-likeness (QED) is 0.585. The van der Waals surface area contributed by atoms with E-state index in [1.165, 1.54) is 51.4 Å². The van der Waals surface area contributed by atoms with Gasteiger partial charge in [0, 0.05) is 24.3 Å². The second-order valence-corrected chi connectivity index (χ2v) is 10.6. The molecule has 0 aliphatic heterocycles. The largest absolute Gasteiger partial charge is 0.394 e. The van der Waals surface area contributed by atoms with Gasteiger partial charge in [0.15, 0.2) is 0 Å². The maximum atomic E-state index is 6.61. The van der Waals surface area contributed by atoms with Crippen LogP contribution in [0.5, 0.6) is 0 Å². The Balaban J connectivity index is 2.17. The number of hydrogen-bond donors (Lipinski definition) is 0. The van der Waals surface area contributed by atoms with Crippen LogP contribution in [0.3, 0.4) is 0 Å². The third-order valence-corrected chi connectivity index (χ3v) is 10.1. The molecule has 3 heteroatoms. The van der Waals surface area contributed by atoms with Crippen molar-refractivity contribution in [3.8, 4) is 0 Å². The van der Waals surface area contributed by atoms with Gasteiger partial charge in [0.2, 0.25) is 0 Å². The summed E-state index contributed by atoms with van der Waals surface area (Å²) in [5, 5.41) is 0. The van der Waals surface area contributed by atoms with Crippen molar-refractivity contribution in [2.45, 2.75) is 89.6 Å². The molecule has 2 aliphatic carbocycles. The smallest absolute Gasteiger partial charge is 0.344 e. The molecule has 0 saturated heterocycles. The Morgan fingerprint density at radius 2 is 1.65 bits per heavy atom. The van der Waals surface area contributed by atoms with Crippen LogP contribution in [0.4, 0.5) is 0 Å². The fourth-order valence-corrected chi connectivity index (χ4v) is 9.59. The number of rotatable bonds is 7. The molecule has 2 rings (SSSR count). The third-order valence-electron chi connectivity index (χ3n) is 5.34. The zero-order valence-corrected chi connectivity index (χ0v) is 14.8. The van der Waals surface area contributed by atoms with Gasteiger partial charge in [-0.2, -0.15) is 0 Å². The van der Waals surface area contributed by atoms with E-state index in [1.54, 1.807) is 0 Å². The third kappa shape index (κ3) is 3.66. The second-order valence-electron chi connectivity index (χ2n) is 6.95. The van der Waals surface area contributed by atoms with Gasteiger partial charge >= 0.3 is 8.56 Å². The SMILES string of the molecule is CCCO[Si](OCC)(C1CCCCC1)C1CCC(C)C1. The van der Waals surface area contributed by atoms with Gasteiger partial charge in [-0.3, -0.25) is 0 Å². The van der Waals surface area contributed by atoms with Crippen molar-refractivity contribution in [1.29, 1.82) is 0 Å². The van der Waals surface area contributed by atoms with E-state index in [4.69, 9.17) is 8.85 Å². The zero-order valence-electron chi connectivity index (χ0n) is 13.8. The molecule has 118 valence electrons. The molecule has 3 unspecified atom stereocenters. The van der Waals surface area contributed by atoms with Crippen LogP contribution in [0.2, 0.25) is 11.1 Å². The van der Waals surface area contributed by atoms with Crippen LogP contribution in [0.25, 0.3) is 0 Å². The van der Waals surface area contributed by atoms with Crippen LogP contribution in [0.15, 0.2) is 0 Å². The van der Waals surface area contributed by atoms with Crippen LogP contribution in [-0.4, -0.2) is 21.8 Å². The van der Waals surface area contributed by atoms with E-state index in [0.29, 0.717) is 0 Å². The van der Waals surface area contributed by atoms with Crippen LogP contribution >= 0.6 is 0 Å². The molecule has 3 atom stereocenters. The highest BCUT2D eigenvalue weighted by Gasteiger charge is 2.53. The predicted molar refractivity (Wildman–Crippen MR) is 87.2 cm³/mol. The minimum atomic E-state index is -2.02. The van der Waals surface area contributed by atoms with Crippen molar-refractivity contribution in [2.75, 3.05) is 13.2 Å². The second kappa shape index (κ2) is 7.95. The Bertz CT molecular complexity index is 271. The molecule has 0 bridgehead atoms. The average molecular weight is 299 g/mol. The molecular formula is C17H34O2Si. The van der Waals surface area contributed by atoms with Gasteiger partial charge in [0.25, 0.3) is 0 Å². The summed E-state index contributed by atoms with van der Waals surface area (Å²) in [4.78, 5) is 0. The van der Waals surface area contributed by atoms with Crippen LogP contribution < -0.4 is 0 Å². The average Bonchev–Trinajstić information content (AvgIpc) is 2.91. The maximum Gasteiger partial charge on any atom is 0.344 e. The molecule has 0 aromatic carbocycles. The van der Waals surface area contributed by atoms with Crippen LogP contribution in [0, 0.1) is 5.92 Å². The summed E-state index contributed by atoms with van der Waals surface area (Å²) in [6.45, 7) is 8.55. The lowest BCUT2D eigenvalue weighted by molar-refractivity contribution is 0.146. The van der Waals surface area contributed by atoms with Gasteiger partial charge in [-0.1, -0.05) is 39.5 Å². The van der Waals surface area contributed by atoms with E-state index in [-0.39, 0.29) is 0 Å². The van der Waals surface area contributed by atoms with E-state index in [0.717, 1.165) is 36.6 Å². The molecule has 2 nitrogen and oxygen atoms in total. The summed E-state index contributed by atoms with van der Waals surface area (Å²) in [5.41, 5.74) is 1.52. The first-order valence-electron chi connectivity index (χ1n) is 9.00. The van der Waals surface area contributed by atoms with E-state index >= 15 is 0 Å². The highest BCUT2D eigenvalue weighted by Crippen LogP contribution is 2.51. The van der Waals surface area contributed by atoms with Gasteiger partial charge in [0.05, 0.1) is 0 Å². The highest BCUT2D eigenvalue weighted by atomic mass is 28.4. The van der Waals surface area contributed by atoms with Gasteiger partial charge in [-0.25, -0.2) is 0 Å². The Morgan fingerprint density at radius 3 is 2.20 bits per heavy atom. The van der Waals surface area contributed by atoms with Gasteiger partial charge < -0.3 is 8.85 Å². The first-order valence-corrected chi connectivity index (χ1v) is 11.0. The first kappa shape index (κ1) is 16.5. The van der Waals surface area contributed by atoms with Crippen molar-refractivity contribution in [3.05, 3.63) is 0 Å². The van der Waals surface area contributed by atoms with Crippen molar-refractivity contribution >= 4 is 8.56 Å². The van der Waals surface area contributed by atoms with Crippen LogP contribution in [0.1, 0.15) is 78.6 Å². The molecule has 0 N–H and O–H groups in total. The van der Waals surface area contributed by atoms with Crippen molar-refractivity contribution in [2.24, 2.45) is 5.92 Å². The Morgan fingerprint density at radius 1 is 0.900 bits per heavy atom. The van der Waals surface area contributed by atoms with Gasteiger partial charge in [-0.15, -0.1) is 0 Å². The lowest BCUT2D eigenvalue weighted by Gasteiger charge is -2.43. The molecule has 20 heavy (non-hydrogen) atoms. The zero-order chi connectivity index (χ0) is 14.4. The summed E-state index contributed by atoms with van der Waals surface area (Å²) in [6.07, 6.45) is 12.1. The molecule has 0 heterocycles. The minimum absolute atomic E-state index is 0.757. The Labute approximate surface area is 126 Å². The normalized spacial score (nSPS) is 31.4. The molecule has 0 amide bonds. The van der Waals surface area contributed by atoms with E-state index < -0.39 is 8.56 Å². The molecule has 2 saturated carbocycles. The molecule has 0 aromatic heterocycles. The Hall–Kier alpha value is 0.137. The van der Waals surface area contributed by atoms with Crippen LogP contribution in [-0.2, 0) is 8.85 Å². The van der Waals surface area contributed by atoms with Gasteiger partial charge in [-0.05, 0) is 44.9 Å². The summed E-state index contributed by atoms with van der Waals surface area (Å²) in [7, 11) is -2.02. The van der Waals surface area contributed by atoms with E-state index in [9.17, 15) is 0 Å². The molecule has 2 aliphatic rings. The summed E-state index contributed by atoms with van der Waals surface area (Å²) >= 11 is 0. The molecular weight excluding hydrogens is 264 g/mol. The number of hydrogen-bond acceptors (Lipinski definition) is 2. The van der Waals surface area contributed by atoms with E-state index in [1.807, 2.05) is 0 Å². The minimum Gasteiger partial charge on any atom is -0.394 e. The topological polar surface area (TPSA) is 18.5 Å². The summed E-state index contributed by atoms with van der Waals surface area (Å²) in [5.74, 6) is 0.876. The van der Waals surface area contributed by atoms with E-state index in [2.05, 4.69) is 20.8 Å². The fraction of sp³-hybridized carbons (Fsp3) is 1.00. The van der Waals surface area contributed by atoms with Crippen molar-refractivity contribution in [1.82, 2.24) is 0 Å². The van der Waals surface area contributed by atoms with Crippen molar-refractivity contribution in [3.63, 3.8) is 0 Å². The standard InChI is InChI=1S/C17H34O2Si/c1-4-13-19-20(18-5-2,16-9-7-6-8-10-16)17-12-11-15(3)14-17/h15-17H,4-14H2,1-3H3. The Kier molecular flexibility index (Phi) is 6.56. The molecule has 0 radical (unpaired) electrons. The highest BCUT2D eigenvalue weighted by molar-refractivity contribution is 6.70. The molecule has 2 fully saturated rings. The molecule has 0 spiro atoms.